The molecule has 8 heteroatoms. The predicted octanol–water partition coefficient (Wildman–Crippen LogP) is 4.78. The first-order valence-corrected chi connectivity index (χ1v) is 11.1. The fourth-order valence-electron chi connectivity index (χ4n) is 3.96. The minimum absolute atomic E-state index is 0.244. The van der Waals surface area contributed by atoms with E-state index in [0.717, 1.165) is 34.9 Å². The standard InChI is InChI=1S/C24H30N4O4/c1-5-31-22(29)21-13-17-12-16(6-7-20(17)26-21)18-14-25-28(15-18)19-8-10-27(11-9-19)23(30)32-24(2,3)4/h6-7,12-15,19,26H,5,8-11H2,1-4H3. The Morgan fingerprint density at radius 3 is 2.59 bits per heavy atom. The zero-order chi connectivity index (χ0) is 22.9. The van der Waals surface area contributed by atoms with Gasteiger partial charge in [0.15, 0.2) is 0 Å². The van der Waals surface area contributed by atoms with Gasteiger partial charge in [-0.2, -0.15) is 5.10 Å². The van der Waals surface area contributed by atoms with Gasteiger partial charge in [0.1, 0.15) is 11.3 Å². The molecule has 3 aromatic rings. The molecule has 1 N–H and O–H groups in total. The van der Waals surface area contributed by atoms with E-state index in [-0.39, 0.29) is 18.1 Å². The number of H-pyrrole nitrogens is 1. The summed E-state index contributed by atoms with van der Waals surface area (Å²) >= 11 is 0. The second kappa shape index (κ2) is 8.68. The van der Waals surface area contributed by atoms with Crippen molar-refractivity contribution in [1.29, 1.82) is 0 Å². The molecule has 0 atom stereocenters. The number of aromatic amines is 1. The van der Waals surface area contributed by atoms with Gasteiger partial charge in [0.25, 0.3) is 0 Å². The quantitative estimate of drug-likeness (QED) is 0.592. The maximum atomic E-state index is 12.3. The van der Waals surface area contributed by atoms with Gasteiger partial charge in [-0.1, -0.05) is 6.07 Å². The molecule has 1 fully saturated rings. The van der Waals surface area contributed by atoms with Crippen LogP contribution in [0.25, 0.3) is 22.0 Å². The maximum Gasteiger partial charge on any atom is 0.410 e. The van der Waals surface area contributed by atoms with Crippen molar-refractivity contribution in [3.05, 3.63) is 42.4 Å². The summed E-state index contributed by atoms with van der Waals surface area (Å²) in [6.07, 6.45) is 5.33. The van der Waals surface area contributed by atoms with Crippen LogP contribution in [0.4, 0.5) is 4.79 Å². The van der Waals surface area contributed by atoms with Gasteiger partial charge in [0.05, 0.1) is 18.8 Å². The topological polar surface area (TPSA) is 89.5 Å². The van der Waals surface area contributed by atoms with Gasteiger partial charge in [-0.25, -0.2) is 9.59 Å². The normalized spacial score (nSPS) is 15.2. The lowest BCUT2D eigenvalue weighted by Crippen LogP contribution is -2.42. The lowest BCUT2D eigenvalue weighted by atomic mass is 10.1. The van der Waals surface area contributed by atoms with Crippen molar-refractivity contribution in [2.24, 2.45) is 0 Å². The van der Waals surface area contributed by atoms with Crippen molar-refractivity contribution in [3.8, 4) is 11.1 Å². The monoisotopic (exact) mass is 438 g/mol. The van der Waals surface area contributed by atoms with Crippen LogP contribution >= 0.6 is 0 Å². The van der Waals surface area contributed by atoms with E-state index in [0.29, 0.717) is 25.4 Å². The van der Waals surface area contributed by atoms with Crippen LogP contribution < -0.4 is 0 Å². The molecular weight excluding hydrogens is 408 g/mol. The van der Waals surface area contributed by atoms with Crippen molar-refractivity contribution in [2.45, 2.75) is 52.2 Å². The van der Waals surface area contributed by atoms with Gasteiger partial charge in [0, 0.05) is 35.8 Å². The molecule has 0 saturated carbocycles. The second-order valence-corrected chi connectivity index (χ2v) is 9.11. The zero-order valence-electron chi connectivity index (χ0n) is 19.1. The Balaban J connectivity index is 1.43. The van der Waals surface area contributed by atoms with E-state index >= 15 is 0 Å². The number of aromatic nitrogens is 3. The highest BCUT2D eigenvalue weighted by Crippen LogP contribution is 2.28. The molecule has 8 nitrogen and oxygen atoms in total. The van der Waals surface area contributed by atoms with Gasteiger partial charge in [-0.05, 0) is 64.3 Å². The van der Waals surface area contributed by atoms with Crippen LogP contribution in [0.1, 0.15) is 57.1 Å². The largest absolute Gasteiger partial charge is 0.461 e. The van der Waals surface area contributed by atoms with E-state index in [1.807, 2.05) is 62.1 Å². The van der Waals surface area contributed by atoms with E-state index in [1.54, 1.807) is 11.8 Å². The van der Waals surface area contributed by atoms with Crippen LogP contribution in [-0.4, -0.2) is 57.0 Å². The maximum absolute atomic E-state index is 12.3. The average molecular weight is 439 g/mol. The van der Waals surface area contributed by atoms with E-state index in [2.05, 4.69) is 10.1 Å². The molecule has 1 aliphatic heterocycles. The number of fused-ring (bicyclic) bond motifs is 1. The fraction of sp³-hybridized carbons (Fsp3) is 0.458. The minimum atomic E-state index is -0.484. The van der Waals surface area contributed by atoms with Gasteiger partial charge in [-0.15, -0.1) is 0 Å². The van der Waals surface area contributed by atoms with E-state index < -0.39 is 5.60 Å². The molecule has 0 aliphatic carbocycles. The molecule has 1 amide bonds. The summed E-state index contributed by atoms with van der Waals surface area (Å²) < 4.78 is 12.5. The molecule has 1 saturated heterocycles. The number of piperidine rings is 1. The number of carbonyl (C=O) groups excluding carboxylic acids is 2. The van der Waals surface area contributed by atoms with Crippen LogP contribution in [0.2, 0.25) is 0 Å². The Labute approximate surface area is 187 Å². The van der Waals surface area contributed by atoms with Gasteiger partial charge in [-0.3, -0.25) is 4.68 Å². The Kier molecular flexibility index (Phi) is 5.95. The molecule has 2 aromatic heterocycles. The summed E-state index contributed by atoms with van der Waals surface area (Å²) in [7, 11) is 0. The highest BCUT2D eigenvalue weighted by Gasteiger charge is 2.28. The summed E-state index contributed by atoms with van der Waals surface area (Å²) in [5.74, 6) is -0.351. The lowest BCUT2D eigenvalue weighted by molar-refractivity contribution is 0.0184. The Morgan fingerprint density at radius 2 is 1.91 bits per heavy atom. The summed E-state index contributed by atoms with van der Waals surface area (Å²) in [6, 6.07) is 8.08. The molecule has 0 unspecified atom stereocenters. The molecule has 1 aromatic carbocycles. The lowest BCUT2D eigenvalue weighted by Gasteiger charge is -2.33. The number of esters is 1. The molecule has 170 valence electrons. The first-order chi connectivity index (χ1) is 15.2. The van der Waals surface area contributed by atoms with Crippen molar-refractivity contribution in [1.82, 2.24) is 19.7 Å². The number of nitrogens with one attached hydrogen (secondary N) is 1. The number of hydrogen-bond donors (Lipinski definition) is 1. The SMILES string of the molecule is CCOC(=O)c1cc2cc(-c3cnn(C4CCN(C(=O)OC(C)(C)C)CC4)c3)ccc2[nH]1. The van der Waals surface area contributed by atoms with E-state index in [9.17, 15) is 9.59 Å². The molecular formula is C24H30N4O4. The number of hydrogen-bond acceptors (Lipinski definition) is 5. The molecule has 1 aliphatic rings. The molecule has 0 bridgehead atoms. The first kappa shape index (κ1) is 21.9. The number of nitrogens with zero attached hydrogens (tertiary/aromatic N) is 3. The van der Waals surface area contributed by atoms with Crippen molar-refractivity contribution in [2.75, 3.05) is 19.7 Å². The minimum Gasteiger partial charge on any atom is -0.461 e. The Hall–Kier alpha value is -3.29. The van der Waals surface area contributed by atoms with Crippen molar-refractivity contribution >= 4 is 23.0 Å². The number of benzene rings is 1. The Morgan fingerprint density at radius 1 is 1.16 bits per heavy atom. The number of rotatable bonds is 4. The number of likely N-dealkylation sites (tertiary alicyclic amines) is 1. The van der Waals surface area contributed by atoms with E-state index in [4.69, 9.17) is 9.47 Å². The van der Waals surface area contributed by atoms with Gasteiger partial charge >= 0.3 is 12.1 Å². The number of ether oxygens (including phenoxy) is 2. The fourth-order valence-corrected chi connectivity index (χ4v) is 3.96. The van der Waals surface area contributed by atoms with Crippen LogP contribution in [0, 0.1) is 0 Å². The number of carbonyl (C=O) groups is 2. The highest BCUT2D eigenvalue weighted by atomic mass is 16.6. The van der Waals surface area contributed by atoms with Crippen LogP contribution in [-0.2, 0) is 9.47 Å². The molecule has 0 spiro atoms. The summed E-state index contributed by atoms with van der Waals surface area (Å²) in [6.45, 7) is 9.08. The smallest absolute Gasteiger partial charge is 0.410 e. The van der Waals surface area contributed by atoms with E-state index in [1.165, 1.54) is 0 Å². The predicted molar refractivity (Wildman–Crippen MR) is 122 cm³/mol. The molecule has 3 heterocycles. The first-order valence-electron chi connectivity index (χ1n) is 11.1. The summed E-state index contributed by atoms with van der Waals surface area (Å²) in [4.78, 5) is 29.1. The summed E-state index contributed by atoms with van der Waals surface area (Å²) in [5, 5.41) is 5.53. The van der Waals surface area contributed by atoms with Crippen molar-refractivity contribution < 1.29 is 19.1 Å². The van der Waals surface area contributed by atoms with Crippen LogP contribution in [0.15, 0.2) is 36.7 Å². The van der Waals surface area contributed by atoms with Crippen LogP contribution in [0.5, 0.6) is 0 Å². The second-order valence-electron chi connectivity index (χ2n) is 9.11. The average Bonchev–Trinajstić information content (AvgIpc) is 3.40. The molecule has 0 radical (unpaired) electrons. The third-order valence-corrected chi connectivity index (χ3v) is 5.54. The number of amides is 1. The summed E-state index contributed by atoms with van der Waals surface area (Å²) in [5.41, 5.74) is 2.90. The van der Waals surface area contributed by atoms with Gasteiger partial charge < -0.3 is 19.4 Å². The molecule has 32 heavy (non-hydrogen) atoms. The third-order valence-electron chi connectivity index (χ3n) is 5.54. The third kappa shape index (κ3) is 4.79. The zero-order valence-corrected chi connectivity index (χ0v) is 19.1. The highest BCUT2D eigenvalue weighted by molar-refractivity contribution is 5.96. The van der Waals surface area contributed by atoms with Crippen LogP contribution in [0.3, 0.4) is 0 Å². The Bertz CT molecular complexity index is 1120. The molecule has 4 rings (SSSR count). The van der Waals surface area contributed by atoms with Crippen molar-refractivity contribution in [3.63, 3.8) is 0 Å². The van der Waals surface area contributed by atoms with Gasteiger partial charge in [0.2, 0.25) is 0 Å².